The van der Waals surface area contributed by atoms with E-state index in [9.17, 15) is 5.53 Å². The van der Waals surface area contributed by atoms with Gasteiger partial charge in [0.05, 0.1) is 0 Å². The highest BCUT2D eigenvalue weighted by Crippen LogP contribution is 2.50. The molecule has 0 aromatic heterocycles. The van der Waals surface area contributed by atoms with E-state index in [1.54, 1.807) is 0 Å². The second-order valence-electron chi connectivity index (χ2n) is 15.2. The Labute approximate surface area is 335 Å². The molecule has 57 heavy (non-hydrogen) atoms. The third-order valence-electron chi connectivity index (χ3n) is 11.8. The molecule has 0 saturated carbocycles. The molecule has 0 radical (unpaired) electrons. The van der Waals surface area contributed by atoms with Gasteiger partial charge in [0.1, 0.15) is 0 Å². The van der Waals surface area contributed by atoms with Gasteiger partial charge in [0.25, 0.3) is 0 Å². The van der Waals surface area contributed by atoms with E-state index in [0.717, 1.165) is 56.5 Å². The molecule has 0 heterocycles. The van der Waals surface area contributed by atoms with Crippen LogP contribution >= 0.6 is 0 Å². The minimum absolute atomic E-state index is 0.404. The van der Waals surface area contributed by atoms with Gasteiger partial charge < -0.3 is 0 Å². The third-order valence-corrected chi connectivity index (χ3v) is 11.8. The Kier molecular flexibility index (Phi) is 9.40. The molecule has 0 spiro atoms. The zero-order valence-electron chi connectivity index (χ0n) is 32.4. The standard InChI is InChI=1S/C55H44N2/c1-4-5-22-46-38(3)45-23-12-13-25-48(45)52-36-51(49-26-14-15-27-50(49)54(46)52)42-33-41(39-18-8-6-9-19-39)34-44(35-42)55(57-56,43-31-29-37(2)30-32-43)53-28-17-16-24-47(53)40-20-10-7-11-21-40/h4-29,31-37,56H,1,30H2,2-3H3/b22-5-,57-56?. The number of rotatable bonds is 9. The van der Waals surface area contributed by atoms with Gasteiger partial charge in [-0.25, -0.2) is 5.53 Å². The van der Waals surface area contributed by atoms with Crippen molar-refractivity contribution in [2.45, 2.75) is 25.8 Å². The summed E-state index contributed by atoms with van der Waals surface area (Å²) in [5.41, 5.74) is 20.2. The van der Waals surface area contributed by atoms with Crippen LogP contribution in [-0.2, 0) is 5.54 Å². The van der Waals surface area contributed by atoms with Gasteiger partial charge in [0, 0.05) is 0 Å². The van der Waals surface area contributed by atoms with E-state index in [2.05, 4.69) is 202 Å². The predicted octanol–water partition coefficient (Wildman–Crippen LogP) is 15.5. The van der Waals surface area contributed by atoms with Crippen molar-refractivity contribution < 1.29 is 0 Å². The second-order valence-corrected chi connectivity index (χ2v) is 15.2. The van der Waals surface area contributed by atoms with Gasteiger partial charge in [-0.1, -0.05) is 183 Å². The first-order valence-electron chi connectivity index (χ1n) is 19.8. The maximum absolute atomic E-state index is 9.34. The summed E-state index contributed by atoms with van der Waals surface area (Å²) in [5.74, 6) is 0.404. The van der Waals surface area contributed by atoms with E-state index in [-0.39, 0.29) is 0 Å². The molecule has 2 nitrogen and oxygen atoms in total. The minimum Gasteiger partial charge on any atom is -0.208 e. The Balaban J connectivity index is 1.42. The lowest BCUT2D eigenvalue weighted by Gasteiger charge is -2.35. The van der Waals surface area contributed by atoms with Crippen molar-refractivity contribution in [3.63, 3.8) is 0 Å². The zero-order valence-corrected chi connectivity index (χ0v) is 32.4. The van der Waals surface area contributed by atoms with Crippen molar-refractivity contribution in [1.82, 2.24) is 0 Å². The molecule has 0 amide bonds. The first-order valence-corrected chi connectivity index (χ1v) is 19.8. The Morgan fingerprint density at radius 1 is 0.632 bits per heavy atom. The third kappa shape index (κ3) is 6.15. The number of benzene rings is 8. The molecule has 274 valence electrons. The van der Waals surface area contributed by atoms with Crippen molar-refractivity contribution in [2.75, 3.05) is 0 Å². The van der Waals surface area contributed by atoms with Crippen LogP contribution in [0.4, 0.5) is 0 Å². The molecule has 2 atom stereocenters. The average molecular weight is 733 g/mol. The van der Waals surface area contributed by atoms with E-state index in [1.165, 1.54) is 43.4 Å². The molecule has 8 aromatic carbocycles. The maximum atomic E-state index is 9.34. The number of allylic oxidation sites excluding steroid dienone is 4. The van der Waals surface area contributed by atoms with Gasteiger partial charge in [-0.2, -0.15) is 5.11 Å². The molecule has 1 aliphatic rings. The van der Waals surface area contributed by atoms with Crippen molar-refractivity contribution in [3.05, 3.63) is 223 Å². The predicted molar refractivity (Wildman–Crippen MR) is 243 cm³/mol. The van der Waals surface area contributed by atoms with Crippen LogP contribution < -0.4 is 0 Å². The number of nitrogens with one attached hydrogen (secondary N) is 1. The highest BCUT2D eigenvalue weighted by Gasteiger charge is 2.41. The summed E-state index contributed by atoms with van der Waals surface area (Å²) in [6.45, 7) is 8.47. The van der Waals surface area contributed by atoms with Gasteiger partial charge >= 0.3 is 0 Å². The molecule has 9 rings (SSSR count). The van der Waals surface area contributed by atoms with Crippen LogP contribution in [0.25, 0.3) is 71.8 Å². The van der Waals surface area contributed by atoms with E-state index >= 15 is 0 Å². The van der Waals surface area contributed by atoms with Crippen LogP contribution in [0.15, 0.2) is 205 Å². The zero-order chi connectivity index (χ0) is 38.9. The minimum atomic E-state index is -1.12. The summed E-state index contributed by atoms with van der Waals surface area (Å²) in [6, 6.07) is 56.5. The highest BCUT2D eigenvalue weighted by molar-refractivity contribution is 6.24. The first-order chi connectivity index (χ1) is 28.0. The number of hydrogen-bond donors (Lipinski definition) is 1. The van der Waals surface area contributed by atoms with Gasteiger partial charge in [0.2, 0.25) is 0 Å². The lowest BCUT2D eigenvalue weighted by Crippen LogP contribution is -2.29. The molecule has 8 aromatic rings. The Morgan fingerprint density at radius 2 is 1.26 bits per heavy atom. The van der Waals surface area contributed by atoms with Gasteiger partial charge in [-0.15, -0.1) is 0 Å². The molecule has 0 saturated heterocycles. The summed E-state index contributed by atoms with van der Waals surface area (Å²) in [7, 11) is 0. The summed E-state index contributed by atoms with van der Waals surface area (Å²) in [5, 5.41) is 12.1. The molecular formula is C55H44N2. The molecule has 2 unspecified atom stereocenters. The fourth-order valence-electron chi connectivity index (χ4n) is 8.99. The maximum Gasteiger partial charge on any atom is 0.156 e. The lowest BCUT2D eigenvalue weighted by molar-refractivity contribution is 0.583. The van der Waals surface area contributed by atoms with Crippen molar-refractivity contribution >= 4 is 38.4 Å². The summed E-state index contributed by atoms with van der Waals surface area (Å²) >= 11 is 0. The van der Waals surface area contributed by atoms with Crippen LogP contribution in [0.3, 0.4) is 0 Å². The first kappa shape index (κ1) is 35.8. The fraction of sp³-hybridized carbons (Fsp3) is 0.0909. The Hall–Kier alpha value is -6.90. The summed E-state index contributed by atoms with van der Waals surface area (Å²) < 4.78 is 0. The molecule has 2 heteroatoms. The molecule has 0 bridgehead atoms. The van der Waals surface area contributed by atoms with E-state index < -0.39 is 5.54 Å². The highest BCUT2D eigenvalue weighted by atomic mass is 15.0. The normalized spacial score (nSPS) is 15.2. The van der Waals surface area contributed by atoms with E-state index in [4.69, 9.17) is 5.11 Å². The van der Waals surface area contributed by atoms with Gasteiger partial charge in [0.15, 0.2) is 5.54 Å². The average Bonchev–Trinajstić information content (AvgIpc) is 3.28. The molecular weight excluding hydrogens is 689 g/mol. The van der Waals surface area contributed by atoms with Crippen molar-refractivity contribution in [1.29, 1.82) is 5.53 Å². The molecule has 1 aliphatic carbocycles. The topological polar surface area (TPSA) is 36.2 Å². The number of aryl methyl sites for hydroxylation is 1. The smallest absolute Gasteiger partial charge is 0.156 e. The van der Waals surface area contributed by atoms with Crippen LogP contribution in [0, 0.1) is 18.4 Å². The van der Waals surface area contributed by atoms with Crippen LogP contribution in [-0.4, -0.2) is 0 Å². The van der Waals surface area contributed by atoms with Gasteiger partial charge in [-0.3, -0.25) is 0 Å². The SMILES string of the molecule is C=C/C=C\c1c(C)c2ccccc2c2cc(-c3cc(-c4ccccc4)cc(C(N=N)(C4=CCC(C)C=C4)c4ccccc4-c4ccccc4)c3)c3ccccc3c12. The molecule has 0 aliphatic heterocycles. The summed E-state index contributed by atoms with van der Waals surface area (Å²) in [4.78, 5) is 0. The second kappa shape index (κ2) is 15.0. The van der Waals surface area contributed by atoms with Crippen LogP contribution in [0.2, 0.25) is 0 Å². The van der Waals surface area contributed by atoms with Crippen molar-refractivity contribution in [2.24, 2.45) is 11.0 Å². The Bertz CT molecular complexity index is 2930. The van der Waals surface area contributed by atoms with E-state index in [1.807, 2.05) is 12.2 Å². The largest absolute Gasteiger partial charge is 0.208 e. The fourth-order valence-corrected chi connectivity index (χ4v) is 8.99. The number of hydrogen-bond acceptors (Lipinski definition) is 2. The monoisotopic (exact) mass is 732 g/mol. The van der Waals surface area contributed by atoms with Crippen LogP contribution in [0.1, 0.15) is 35.6 Å². The Morgan fingerprint density at radius 3 is 1.96 bits per heavy atom. The molecule has 1 N–H and O–H groups in total. The number of nitrogens with zero attached hydrogens (tertiary/aromatic N) is 1. The number of fused-ring (bicyclic) bond motifs is 5. The van der Waals surface area contributed by atoms with Crippen molar-refractivity contribution in [3.8, 4) is 33.4 Å². The van der Waals surface area contributed by atoms with E-state index in [0.29, 0.717) is 5.92 Å². The summed E-state index contributed by atoms with van der Waals surface area (Å²) in [6.07, 6.45) is 13.8. The quantitative estimate of drug-likeness (QED) is 0.0871. The molecule has 0 fully saturated rings. The van der Waals surface area contributed by atoms with Gasteiger partial charge in [-0.05, 0) is 137 Å². The van der Waals surface area contributed by atoms with Crippen LogP contribution in [0.5, 0.6) is 0 Å². The lowest BCUT2D eigenvalue weighted by atomic mass is 9.71.